The summed E-state index contributed by atoms with van der Waals surface area (Å²) in [5.74, 6) is -0.139. The molecule has 0 bridgehead atoms. The van der Waals surface area contributed by atoms with Gasteiger partial charge in [0, 0.05) is 32.9 Å². The van der Waals surface area contributed by atoms with Crippen molar-refractivity contribution in [3.05, 3.63) is 94.3 Å². The van der Waals surface area contributed by atoms with Gasteiger partial charge in [0.2, 0.25) is 0 Å². The number of halogens is 1. The first-order valence-corrected chi connectivity index (χ1v) is 10.3. The molecular formula is C23H18ClN3OS. The second kappa shape index (κ2) is 8.47. The van der Waals surface area contributed by atoms with Gasteiger partial charge in [-0.1, -0.05) is 48.0 Å². The minimum Gasteiger partial charge on any atom is -0.331 e. The summed E-state index contributed by atoms with van der Waals surface area (Å²) < 4.78 is 0. The van der Waals surface area contributed by atoms with Crippen LogP contribution in [0.25, 0.3) is 11.3 Å². The highest BCUT2D eigenvalue weighted by Gasteiger charge is 2.10. The summed E-state index contributed by atoms with van der Waals surface area (Å²) in [7, 11) is 0. The van der Waals surface area contributed by atoms with Gasteiger partial charge >= 0.3 is 0 Å². The maximum Gasteiger partial charge on any atom is 0.255 e. The Hall–Kier alpha value is -3.15. The average molecular weight is 420 g/mol. The molecule has 0 radical (unpaired) electrons. The molecule has 4 nitrogen and oxygen atoms in total. The van der Waals surface area contributed by atoms with E-state index in [1.54, 1.807) is 12.1 Å². The molecule has 0 aliphatic carbocycles. The molecule has 0 fully saturated rings. The lowest BCUT2D eigenvalue weighted by molar-refractivity contribution is 0.102. The molecular weight excluding hydrogens is 402 g/mol. The van der Waals surface area contributed by atoms with Crippen LogP contribution in [0.1, 0.15) is 15.9 Å². The molecule has 3 aromatic carbocycles. The summed E-state index contributed by atoms with van der Waals surface area (Å²) in [5, 5.41) is 9.74. The Balaban J connectivity index is 1.52. The molecule has 6 heteroatoms. The smallest absolute Gasteiger partial charge is 0.255 e. The Labute approximate surface area is 178 Å². The van der Waals surface area contributed by atoms with Crippen LogP contribution in [0.4, 0.5) is 16.5 Å². The van der Waals surface area contributed by atoms with Crippen LogP contribution in [0.2, 0.25) is 5.02 Å². The Morgan fingerprint density at radius 3 is 2.62 bits per heavy atom. The lowest BCUT2D eigenvalue weighted by atomic mass is 10.1. The van der Waals surface area contributed by atoms with Gasteiger partial charge in [0.05, 0.1) is 5.69 Å². The number of benzene rings is 3. The van der Waals surface area contributed by atoms with Gasteiger partial charge in [-0.05, 0) is 48.9 Å². The van der Waals surface area contributed by atoms with Crippen molar-refractivity contribution >= 4 is 45.4 Å². The summed E-state index contributed by atoms with van der Waals surface area (Å²) in [5.41, 5.74) is 5.04. The second-order valence-corrected chi connectivity index (χ2v) is 7.74. The predicted octanol–water partition coefficient (Wildman–Crippen LogP) is 6.77. The number of nitrogens with one attached hydrogen (secondary N) is 2. The zero-order chi connectivity index (χ0) is 20.2. The molecule has 0 spiro atoms. The van der Waals surface area contributed by atoms with Gasteiger partial charge in [0.25, 0.3) is 5.91 Å². The fourth-order valence-corrected chi connectivity index (χ4v) is 3.78. The Morgan fingerprint density at radius 1 is 1.00 bits per heavy atom. The van der Waals surface area contributed by atoms with Crippen LogP contribution in [0.3, 0.4) is 0 Å². The molecule has 0 aliphatic heterocycles. The monoisotopic (exact) mass is 419 g/mol. The second-order valence-electron chi connectivity index (χ2n) is 6.48. The van der Waals surface area contributed by atoms with E-state index in [2.05, 4.69) is 15.6 Å². The molecule has 0 atom stereocenters. The number of thiazole rings is 1. The summed E-state index contributed by atoms with van der Waals surface area (Å²) in [6.45, 7) is 1.97. The highest BCUT2D eigenvalue weighted by atomic mass is 35.5. The van der Waals surface area contributed by atoms with Crippen LogP contribution >= 0.6 is 22.9 Å². The van der Waals surface area contributed by atoms with E-state index in [1.807, 2.05) is 73.0 Å². The van der Waals surface area contributed by atoms with Crippen LogP contribution in [0.15, 0.2) is 78.2 Å². The first-order chi connectivity index (χ1) is 14.1. The lowest BCUT2D eigenvalue weighted by Crippen LogP contribution is -2.11. The number of hydrogen-bond donors (Lipinski definition) is 2. The number of carbonyl (C=O) groups excluding carboxylic acids is 1. The zero-order valence-corrected chi connectivity index (χ0v) is 17.2. The Bertz CT molecular complexity index is 1160. The highest BCUT2D eigenvalue weighted by Crippen LogP contribution is 2.31. The highest BCUT2D eigenvalue weighted by molar-refractivity contribution is 7.14. The van der Waals surface area contributed by atoms with Gasteiger partial charge in [0.15, 0.2) is 5.13 Å². The summed E-state index contributed by atoms with van der Waals surface area (Å²) in [4.78, 5) is 17.1. The van der Waals surface area contributed by atoms with Crippen LogP contribution < -0.4 is 10.6 Å². The Kier molecular flexibility index (Phi) is 5.60. The number of anilines is 3. The molecule has 1 aromatic heterocycles. The van der Waals surface area contributed by atoms with E-state index in [1.165, 1.54) is 11.3 Å². The number of carbonyl (C=O) groups is 1. The molecule has 144 valence electrons. The molecule has 0 saturated heterocycles. The fraction of sp³-hybridized carbons (Fsp3) is 0.0435. The van der Waals surface area contributed by atoms with Crippen molar-refractivity contribution in [1.29, 1.82) is 0 Å². The van der Waals surface area contributed by atoms with Crippen molar-refractivity contribution in [1.82, 2.24) is 4.98 Å². The maximum absolute atomic E-state index is 12.4. The quantitative estimate of drug-likeness (QED) is 0.375. The molecule has 4 aromatic rings. The fourth-order valence-electron chi connectivity index (χ4n) is 2.87. The predicted molar refractivity (Wildman–Crippen MR) is 121 cm³/mol. The third-order valence-electron chi connectivity index (χ3n) is 4.47. The first-order valence-electron chi connectivity index (χ1n) is 9.04. The number of amides is 1. The SMILES string of the molecule is Cc1c(Cl)cccc1Nc1nc(-c2cccc(NC(=O)c3ccccc3)c2)cs1. The van der Waals surface area contributed by atoms with Crippen molar-refractivity contribution in [2.24, 2.45) is 0 Å². The average Bonchev–Trinajstić information content (AvgIpc) is 3.21. The van der Waals surface area contributed by atoms with E-state index in [9.17, 15) is 4.79 Å². The zero-order valence-electron chi connectivity index (χ0n) is 15.6. The number of rotatable bonds is 5. The number of nitrogens with zero attached hydrogens (tertiary/aromatic N) is 1. The van der Waals surface area contributed by atoms with Gasteiger partial charge in [-0.25, -0.2) is 4.98 Å². The van der Waals surface area contributed by atoms with E-state index >= 15 is 0 Å². The lowest BCUT2D eigenvalue weighted by Gasteiger charge is -2.08. The summed E-state index contributed by atoms with van der Waals surface area (Å²) in [6.07, 6.45) is 0. The number of aromatic nitrogens is 1. The molecule has 29 heavy (non-hydrogen) atoms. The van der Waals surface area contributed by atoms with Gasteiger partial charge in [-0.3, -0.25) is 4.79 Å². The topological polar surface area (TPSA) is 54.0 Å². The van der Waals surface area contributed by atoms with Crippen LogP contribution in [-0.4, -0.2) is 10.9 Å². The van der Waals surface area contributed by atoms with E-state index in [0.29, 0.717) is 10.6 Å². The third-order valence-corrected chi connectivity index (χ3v) is 5.63. The standard InChI is InChI=1S/C23H18ClN3OS/c1-15-19(24)11-6-12-20(15)26-23-27-21(14-29-23)17-9-5-10-18(13-17)25-22(28)16-7-3-2-4-8-16/h2-14H,1H3,(H,25,28)(H,26,27). The van der Waals surface area contributed by atoms with Crippen molar-refractivity contribution in [3.8, 4) is 11.3 Å². The molecule has 2 N–H and O–H groups in total. The normalized spacial score (nSPS) is 10.6. The maximum atomic E-state index is 12.4. The van der Waals surface area contributed by atoms with E-state index in [-0.39, 0.29) is 5.91 Å². The van der Waals surface area contributed by atoms with Crippen molar-refractivity contribution < 1.29 is 4.79 Å². The third kappa shape index (κ3) is 4.47. The molecule has 1 heterocycles. The van der Waals surface area contributed by atoms with Gasteiger partial charge in [-0.2, -0.15) is 0 Å². The molecule has 0 aliphatic rings. The summed E-state index contributed by atoms with van der Waals surface area (Å²) in [6, 6.07) is 22.6. The van der Waals surface area contributed by atoms with Crippen LogP contribution in [0.5, 0.6) is 0 Å². The van der Waals surface area contributed by atoms with Gasteiger partial charge < -0.3 is 10.6 Å². The van der Waals surface area contributed by atoms with Crippen molar-refractivity contribution in [2.75, 3.05) is 10.6 Å². The van der Waals surface area contributed by atoms with Crippen molar-refractivity contribution in [3.63, 3.8) is 0 Å². The van der Waals surface area contributed by atoms with E-state index in [4.69, 9.17) is 11.6 Å². The minimum atomic E-state index is -0.139. The minimum absolute atomic E-state index is 0.139. The van der Waals surface area contributed by atoms with Gasteiger partial charge in [-0.15, -0.1) is 11.3 Å². The van der Waals surface area contributed by atoms with Gasteiger partial charge in [0.1, 0.15) is 0 Å². The van der Waals surface area contributed by atoms with Crippen LogP contribution in [-0.2, 0) is 0 Å². The molecule has 1 amide bonds. The first kappa shape index (κ1) is 19.2. The largest absolute Gasteiger partial charge is 0.331 e. The number of hydrogen-bond acceptors (Lipinski definition) is 4. The summed E-state index contributed by atoms with van der Waals surface area (Å²) >= 11 is 7.71. The van der Waals surface area contributed by atoms with E-state index in [0.717, 1.165) is 33.3 Å². The van der Waals surface area contributed by atoms with Crippen molar-refractivity contribution in [2.45, 2.75) is 6.92 Å². The Morgan fingerprint density at radius 2 is 1.79 bits per heavy atom. The van der Waals surface area contributed by atoms with Crippen LogP contribution in [0, 0.1) is 6.92 Å². The molecule has 4 rings (SSSR count). The molecule has 0 unspecified atom stereocenters. The van der Waals surface area contributed by atoms with E-state index < -0.39 is 0 Å². The molecule has 0 saturated carbocycles.